The zero-order valence-corrected chi connectivity index (χ0v) is 15.5. The predicted octanol–water partition coefficient (Wildman–Crippen LogP) is 3.68. The molecule has 1 aliphatic rings. The minimum atomic E-state index is -0.405. The Hall–Kier alpha value is -3.15. The first kappa shape index (κ1) is 18.6. The third kappa shape index (κ3) is 3.84. The van der Waals surface area contributed by atoms with Crippen LogP contribution in [0.2, 0.25) is 0 Å². The van der Waals surface area contributed by atoms with E-state index in [-0.39, 0.29) is 23.1 Å². The number of halogens is 1. The van der Waals surface area contributed by atoms with Crippen LogP contribution in [0.4, 0.5) is 10.1 Å². The molecule has 0 aromatic heterocycles. The maximum absolute atomic E-state index is 13.3. The van der Waals surface area contributed by atoms with E-state index >= 15 is 0 Å². The number of methoxy groups -OCH3 is 1. The summed E-state index contributed by atoms with van der Waals surface area (Å²) < 4.78 is 18.5. The SMILES string of the molecule is COc1cccc(NC2=C(c3ccc(F)cc3)C(=O)N(CC(C)C)C2=O)c1. The van der Waals surface area contributed by atoms with Crippen LogP contribution in [-0.4, -0.2) is 30.4 Å². The molecule has 0 bridgehead atoms. The van der Waals surface area contributed by atoms with Gasteiger partial charge in [0.1, 0.15) is 17.3 Å². The molecule has 0 spiro atoms. The van der Waals surface area contributed by atoms with E-state index in [1.165, 1.54) is 29.2 Å². The largest absolute Gasteiger partial charge is 0.497 e. The number of hydrogen-bond donors (Lipinski definition) is 1. The molecule has 0 radical (unpaired) electrons. The third-order valence-electron chi connectivity index (χ3n) is 4.19. The summed E-state index contributed by atoms with van der Waals surface area (Å²) in [6.45, 7) is 4.18. The third-order valence-corrected chi connectivity index (χ3v) is 4.19. The minimum absolute atomic E-state index is 0.128. The van der Waals surface area contributed by atoms with E-state index in [0.29, 0.717) is 23.5 Å². The van der Waals surface area contributed by atoms with Crippen molar-refractivity contribution in [2.75, 3.05) is 19.0 Å². The van der Waals surface area contributed by atoms with E-state index < -0.39 is 11.7 Å². The van der Waals surface area contributed by atoms with E-state index in [0.717, 1.165) is 0 Å². The van der Waals surface area contributed by atoms with Gasteiger partial charge in [0.15, 0.2) is 0 Å². The molecule has 3 rings (SSSR count). The van der Waals surface area contributed by atoms with E-state index in [9.17, 15) is 14.0 Å². The minimum Gasteiger partial charge on any atom is -0.497 e. The van der Waals surface area contributed by atoms with Gasteiger partial charge in [-0.15, -0.1) is 0 Å². The topological polar surface area (TPSA) is 58.6 Å². The van der Waals surface area contributed by atoms with Crippen LogP contribution >= 0.6 is 0 Å². The molecule has 0 saturated heterocycles. The molecule has 5 nitrogen and oxygen atoms in total. The Balaban J connectivity index is 2.05. The van der Waals surface area contributed by atoms with E-state index in [4.69, 9.17) is 4.74 Å². The average molecular weight is 368 g/mol. The number of ether oxygens (including phenoxy) is 1. The summed E-state index contributed by atoms with van der Waals surface area (Å²) in [7, 11) is 1.55. The number of benzene rings is 2. The standard InChI is InChI=1S/C21H21FN2O3/c1-13(2)12-24-20(25)18(14-7-9-15(22)10-8-14)19(21(24)26)23-16-5-4-6-17(11-16)27-3/h4-11,13,23H,12H2,1-3H3. The molecule has 1 aliphatic heterocycles. The second-order valence-corrected chi connectivity index (χ2v) is 6.73. The van der Waals surface area contributed by atoms with Gasteiger partial charge in [0.2, 0.25) is 0 Å². The van der Waals surface area contributed by atoms with Gasteiger partial charge in [0.05, 0.1) is 12.7 Å². The fourth-order valence-corrected chi connectivity index (χ4v) is 2.95. The van der Waals surface area contributed by atoms with Gasteiger partial charge in [-0.25, -0.2) is 4.39 Å². The quantitative estimate of drug-likeness (QED) is 0.790. The fourth-order valence-electron chi connectivity index (χ4n) is 2.95. The van der Waals surface area contributed by atoms with Gasteiger partial charge in [0.25, 0.3) is 11.8 Å². The molecule has 0 unspecified atom stereocenters. The molecule has 2 aromatic rings. The summed E-state index contributed by atoms with van der Waals surface area (Å²) in [4.78, 5) is 27.1. The summed E-state index contributed by atoms with van der Waals surface area (Å²) in [6, 6.07) is 12.6. The van der Waals surface area contributed by atoms with Crippen LogP contribution in [0, 0.1) is 11.7 Å². The number of hydrogen-bond acceptors (Lipinski definition) is 4. The Labute approximate surface area is 157 Å². The smallest absolute Gasteiger partial charge is 0.278 e. The molecule has 6 heteroatoms. The van der Waals surface area contributed by atoms with Crippen molar-refractivity contribution in [2.24, 2.45) is 5.92 Å². The lowest BCUT2D eigenvalue weighted by atomic mass is 10.0. The number of carbonyl (C=O) groups excluding carboxylic acids is 2. The van der Waals surface area contributed by atoms with Crippen LogP contribution in [0.25, 0.3) is 5.57 Å². The van der Waals surface area contributed by atoms with Crippen LogP contribution < -0.4 is 10.1 Å². The molecule has 140 valence electrons. The predicted molar refractivity (Wildman–Crippen MR) is 101 cm³/mol. The Morgan fingerprint density at radius 1 is 1.07 bits per heavy atom. The molecule has 0 saturated carbocycles. The van der Waals surface area contributed by atoms with Crippen molar-refractivity contribution < 1.29 is 18.7 Å². The monoisotopic (exact) mass is 368 g/mol. The van der Waals surface area contributed by atoms with Crippen LogP contribution in [-0.2, 0) is 9.59 Å². The molecule has 1 heterocycles. The summed E-state index contributed by atoms with van der Waals surface area (Å²) in [5.41, 5.74) is 1.53. The van der Waals surface area contributed by atoms with E-state index in [1.54, 1.807) is 31.4 Å². The van der Waals surface area contributed by atoms with Crippen molar-refractivity contribution in [1.82, 2.24) is 4.90 Å². The number of carbonyl (C=O) groups is 2. The Morgan fingerprint density at radius 2 is 1.78 bits per heavy atom. The highest BCUT2D eigenvalue weighted by atomic mass is 19.1. The molecular weight excluding hydrogens is 347 g/mol. The first-order valence-corrected chi connectivity index (χ1v) is 8.68. The van der Waals surface area contributed by atoms with Gasteiger partial charge in [0, 0.05) is 18.3 Å². The Kier molecular flexibility index (Phi) is 5.26. The number of nitrogens with zero attached hydrogens (tertiary/aromatic N) is 1. The van der Waals surface area contributed by atoms with Crippen molar-refractivity contribution in [2.45, 2.75) is 13.8 Å². The maximum Gasteiger partial charge on any atom is 0.278 e. The van der Waals surface area contributed by atoms with Crippen molar-refractivity contribution in [1.29, 1.82) is 0 Å². The highest BCUT2D eigenvalue weighted by Gasteiger charge is 2.39. The lowest BCUT2D eigenvalue weighted by Crippen LogP contribution is -2.35. The van der Waals surface area contributed by atoms with Crippen molar-refractivity contribution in [3.8, 4) is 5.75 Å². The summed E-state index contributed by atoms with van der Waals surface area (Å²) >= 11 is 0. The number of anilines is 1. The highest BCUT2D eigenvalue weighted by molar-refractivity contribution is 6.36. The second-order valence-electron chi connectivity index (χ2n) is 6.73. The van der Waals surface area contributed by atoms with Crippen LogP contribution in [0.5, 0.6) is 5.75 Å². The zero-order valence-electron chi connectivity index (χ0n) is 15.5. The second kappa shape index (κ2) is 7.61. The lowest BCUT2D eigenvalue weighted by Gasteiger charge is -2.17. The van der Waals surface area contributed by atoms with Gasteiger partial charge in [-0.2, -0.15) is 0 Å². The lowest BCUT2D eigenvalue weighted by molar-refractivity contribution is -0.137. The fraction of sp³-hybridized carbons (Fsp3) is 0.238. The summed E-state index contributed by atoms with van der Waals surface area (Å²) in [5, 5.41) is 3.06. The molecule has 0 atom stereocenters. The van der Waals surface area contributed by atoms with Gasteiger partial charge in [-0.1, -0.05) is 32.0 Å². The normalized spacial score (nSPS) is 14.3. The average Bonchev–Trinajstić information content (AvgIpc) is 2.87. The Bertz CT molecular complexity index is 904. The molecule has 0 fully saturated rings. The summed E-state index contributed by atoms with van der Waals surface area (Å²) in [5.74, 6) is -0.428. The molecule has 27 heavy (non-hydrogen) atoms. The number of imide groups is 1. The van der Waals surface area contributed by atoms with Crippen LogP contribution in [0.15, 0.2) is 54.2 Å². The summed E-state index contributed by atoms with van der Waals surface area (Å²) in [6.07, 6.45) is 0. The van der Waals surface area contributed by atoms with Crippen LogP contribution in [0.3, 0.4) is 0 Å². The molecule has 0 aliphatic carbocycles. The van der Waals surface area contributed by atoms with Crippen molar-refractivity contribution >= 4 is 23.1 Å². The van der Waals surface area contributed by atoms with E-state index in [1.807, 2.05) is 13.8 Å². The molecule has 2 aromatic carbocycles. The Morgan fingerprint density at radius 3 is 2.41 bits per heavy atom. The van der Waals surface area contributed by atoms with Gasteiger partial charge >= 0.3 is 0 Å². The molecule has 2 amide bonds. The first-order valence-electron chi connectivity index (χ1n) is 8.68. The number of nitrogens with one attached hydrogen (secondary N) is 1. The van der Waals surface area contributed by atoms with Crippen molar-refractivity contribution in [3.63, 3.8) is 0 Å². The van der Waals surface area contributed by atoms with Gasteiger partial charge < -0.3 is 10.1 Å². The van der Waals surface area contributed by atoms with Crippen LogP contribution in [0.1, 0.15) is 19.4 Å². The maximum atomic E-state index is 13.3. The zero-order chi connectivity index (χ0) is 19.6. The van der Waals surface area contributed by atoms with Gasteiger partial charge in [-0.05, 0) is 35.7 Å². The van der Waals surface area contributed by atoms with Crippen molar-refractivity contribution in [3.05, 3.63) is 65.6 Å². The molecule has 1 N–H and O–H groups in total. The first-order chi connectivity index (χ1) is 12.9. The number of rotatable bonds is 6. The highest BCUT2D eigenvalue weighted by Crippen LogP contribution is 2.31. The number of amides is 2. The van der Waals surface area contributed by atoms with Gasteiger partial charge in [-0.3, -0.25) is 14.5 Å². The molecular formula is C21H21FN2O3. The van der Waals surface area contributed by atoms with E-state index in [2.05, 4.69) is 5.32 Å².